The molecule has 166 valence electrons. The largest absolute Gasteiger partial charge is 0.495 e. The van der Waals surface area contributed by atoms with Gasteiger partial charge in [0.05, 0.1) is 30.8 Å². The van der Waals surface area contributed by atoms with E-state index in [1.165, 1.54) is 31.6 Å². The summed E-state index contributed by atoms with van der Waals surface area (Å²) in [6, 6.07) is 7.51. The second kappa shape index (κ2) is 9.04. The second-order valence-corrected chi connectivity index (χ2v) is 6.78. The van der Waals surface area contributed by atoms with Crippen LogP contribution in [0.15, 0.2) is 54.9 Å². The summed E-state index contributed by atoms with van der Waals surface area (Å²) in [5.41, 5.74) is -0.470. The van der Waals surface area contributed by atoms with Crippen LogP contribution in [0.3, 0.4) is 0 Å². The first-order valence-corrected chi connectivity index (χ1v) is 9.17. The molecule has 1 heterocycles. The van der Waals surface area contributed by atoms with E-state index in [1.54, 1.807) is 19.1 Å². The average molecular weight is 447 g/mol. The second-order valence-electron chi connectivity index (χ2n) is 6.78. The maximum atomic E-state index is 13.6. The van der Waals surface area contributed by atoms with Gasteiger partial charge in [0.1, 0.15) is 11.6 Å². The molecule has 0 bridgehead atoms. The Kier molecular flexibility index (Phi) is 6.42. The van der Waals surface area contributed by atoms with Crippen LogP contribution in [0, 0.1) is 12.7 Å². The van der Waals surface area contributed by atoms with Crippen molar-refractivity contribution in [3.05, 3.63) is 82.9 Å². The molecule has 0 aliphatic heterocycles. The number of carbonyl (C=O) groups excluding carboxylic acids is 2. The molecule has 32 heavy (non-hydrogen) atoms. The van der Waals surface area contributed by atoms with Gasteiger partial charge in [-0.3, -0.25) is 14.6 Å². The Hall–Kier alpha value is -3.95. The molecule has 0 saturated heterocycles. The molecule has 0 saturated carbocycles. The van der Waals surface area contributed by atoms with Crippen molar-refractivity contribution in [3.8, 4) is 5.75 Å². The molecule has 0 aliphatic carbocycles. The van der Waals surface area contributed by atoms with E-state index in [0.29, 0.717) is 35.2 Å². The molecule has 0 spiro atoms. The molecule has 10 heteroatoms. The van der Waals surface area contributed by atoms with E-state index in [-0.39, 0.29) is 11.3 Å². The van der Waals surface area contributed by atoms with Gasteiger partial charge in [-0.1, -0.05) is 6.07 Å². The van der Waals surface area contributed by atoms with Crippen LogP contribution in [0.25, 0.3) is 0 Å². The molecule has 0 aliphatic rings. The SMILES string of the molecule is COc1cncc(NC(=O)c2cc(NC(=O)c3cc(F)cc(C(F)(F)F)c3)ccc2C)c1. The maximum Gasteiger partial charge on any atom is 0.416 e. The van der Waals surface area contributed by atoms with Crippen LogP contribution < -0.4 is 15.4 Å². The summed E-state index contributed by atoms with van der Waals surface area (Å²) in [6.45, 7) is 1.67. The first-order valence-electron chi connectivity index (χ1n) is 9.17. The van der Waals surface area contributed by atoms with Gasteiger partial charge in [-0.25, -0.2) is 4.39 Å². The molecular formula is C22H17F4N3O3. The third-order valence-electron chi connectivity index (χ3n) is 4.43. The first kappa shape index (κ1) is 22.7. The maximum absolute atomic E-state index is 13.6. The summed E-state index contributed by atoms with van der Waals surface area (Å²) in [4.78, 5) is 29.0. The Morgan fingerprint density at radius 1 is 0.938 bits per heavy atom. The van der Waals surface area contributed by atoms with E-state index in [9.17, 15) is 27.2 Å². The van der Waals surface area contributed by atoms with Crippen molar-refractivity contribution < 1.29 is 31.9 Å². The van der Waals surface area contributed by atoms with E-state index < -0.39 is 34.9 Å². The van der Waals surface area contributed by atoms with Crippen molar-refractivity contribution in [3.63, 3.8) is 0 Å². The summed E-state index contributed by atoms with van der Waals surface area (Å²) in [6.07, 6.45) is -1.92. The number of methoxy groups -OCH3 is 1. The standard InChI is InChI=1S/C22H17F4N3O3/c1-12-3-4-16(9-19(12)21(31)29-17-8-18(32-2)11-27-10-17)28-20(30)13-5-14(22(24,25)26)7-15(23)6-13/h3-11H,1-2H3,(H,28,30)(H,29,31). The van der Waals surface area contributed by atoms with Gasteiger partial charge in [-0.15, -0.1) is 0 Å². The van der Waals surface area contributed by atoms with E-state index in [4.69, 9.17) is 4.74 Å². The van der Waals surface area contributed by atoms with Crippen molar-refractivity contribution in [2.75, 3.05) is 17.7 Å². The zero-order valence-corrected chi connectivity index (χ0v) is 16.9. The number of hydrogen-bond donors (Lipinski definition) is 2. The molecule has 3 rings (SSSR count). The van der Waals surface area contributed by atoms with Gasteiger partial charge in [0.15, 0.2) is 0 Å². The van der Waals surface area contributed by atoms with Crippen molar-refractivity contribution in [2.24, 2.45) is 0 Å². The van der Waals surface area contributed by atoms with Crippen LogP contribution in [0.2, 0.25) is 0 Å². The quantitative estimate of drug-likeness (QED) is 0.536. The van der Waals surface area contributed by atoms with E-state index in [0.717, 1.165) is 0 Å². The molecule has 3 aromatic rings. The molecule has 0 unspecified atom stereocenters. The van der Waals surface area contributed by atoms with Gasteiger partial charge in [0.25, 0.3) is 11.8 Å². The predicted molar refractivity (Wildman–Crippen MR) is 109 cm³/mol. The molecule has 1 aromatic heterocycles. The summed E-state index contributed by atoms with van der Waals surface area (Å²) in [5.74, 6) is -2.21. The highest BCUT2D eigenvalue weighted by molar-refractivity contribution is 6.08. The molecule has 0 atom stereocenters. The minimum absolute atomic E-state index is 0.146. The number of carbonyl (C=O) groups is 2. The van der Waals surface area contributed by atoms with Gasteiger partial charge in [0.2, 0.25) is 0 Å². The minimum Gasteiger partial charge on any atom is -0.495 e. The van der Waals surface area contributed by atoms with Crippen molar-refractivity contribution in [2.45, 2.75) is 13.1 Å². The number of amides is 2. The highest BCUT2D eigenvalue weighted by atomic mass is 19.4. The van der Waals surface area contributed by atoms with Crippen molar-refractivity contribution >= 4 is 23.2 Å². The number of nitrogens with one attached hydrogen (secondary N) is 2. The Labute approximate surface area is 180 Å². The number of pyridine rings is 1. The van der Waals surface area contributed by atoms with Crippen molar-refractivity contribution in [1.82, 2.24) is 4.98 Å². The van der Waals surface area contributed by atoms with Crippen LogP contribution >= 0.6 is 0 Å². The molecular weight excluding hydrogens is 430 g/mol. The first-order chi connectivity index (χ1) is 15.1. The number of aromatic nitrogens is 1. The number of nitrogens with zero attached hydrogens (tertiary/aromatic N) is 1. The Bertz CT molecular complexity index is 1180. The van der Waals surface area contributed by atoms with E-state index in [2.05, 4.69) is 15.6 Å². The van der Waals surface area contributed by atoms with Crippen LogP contribution in [0.5, 0.6) is 5.75 Å². The molecule has 2 amide bonds. The zero-order valence-electron chi connectivity index (χ0n) is 16.9. The Morgan fingerprint density at radius 2 is 1.66 bits per heavy atom. The zero-order chi connectivity index (χ0) is 23.5. The summed E-state index contributed by atoms with van der Waals surface area (Å²) in [7, 11) is 1.45. The highest BCUT2D eigenvalue weighted by Crippen LogP contribution is 2.30. The van der Waals surface area contributed by atoms with Gasteiger partial charge in [-0.05, 0) is 42.8 Å². The minimum atomic E-state index is -4.80. The lowest BCUT2D eigenvalue weighted by Gasteiger charge is -2.12. The number of ether oxygens (including phenoxy) is 1. The predicted octanol–water partition coefficient (Wildman–Crippen LogP) is 5.06. The lowest BCUT2D eigenvalue weighted by atomic mass is 10.1. The number of aryl methyl sites for hydroxylation is 1. The molecule has 0 fully saturated rings. The fourth-order valence-corrected chi connectivity index (χ4v) is 2.83. The van der Waals surface area contributed by atoms with Gasteiger partial charge < -0.3 is 15.4 Å². The lowest BCUT2D eigenvalue weighted by molar-refractivity contribution is -0.137. The lowest BCUT2D eigenvalue weighted by Crippen LogP contribution is -2.17. The Balaban J connectivity index is 1.82. The average Bonchev–Trinajstić information content (AvgIpc) is 2.74. The van der Waals surface area contributed by atoms with Gasteiger partial charge >= 0.3 is 6.18 Å². The number of benzene rings is 2. The number of hydrogen-bond acceptors (Lipinski definition) is 4. The van der Waals surface area contributed by atoms with Crippen LogP contribution in [-0.2, 0) is 6.18 Å². The summed E-state index contributed by atoms with van der Waals surface area (Å²) in [5, 5.41) is 5.03. The van der Waals surface area contributed by atoms with Crippen LogP contribution in [-0.4, -0.2) is 23.9 Å². The monoisotopic (exact) mass is 447 g/mol. The number of anilines is 2. The number of halogens is 4. The van der Waals surface area contributed by atoms with Crippen LogP contribution in [0.4, 0.5) is 28.9 Å². The molecule has 2 N–H and O–H groups in total. The number of alkyl halides is 3. The smallest absolute Gasteiger partial charge is 0.416 e. The number of rotatable bonds is 5. The van der Waals surface area contributed by atoms with E-state index >= 15 is 0 Å². The fraction of sp³-hybridized carbons (Fsp3) is 0.136. The molecule has 2 aromatic carbocycles. The highest BCUT2D eigenvalue weighted by Gasteiger charge is 2.32. The van der Waals surface area contributed by atoms with Crippen LogP contribution in [0.1, 0.15) is 31.8 Å². The normalized spacial score (nSPS) is 11.1. The Morgan fingerprint density at radius 3 is 2.34 bits per heavy atom. The third-order valence-corrected chi connectivity index (χ3v) is 4.43. The van der Waals surface area contributed by atoms with Gasteiger partial charge in [-0.2, -0.15) is 13.2 Å². The summed E-state index contributed by atoms with van der Waals surface area (Å²) >= 11 is 0. The van der Waals surface area contributed by atoms with Gasteiger partial charge in [0, 0.05) is 22.9 Å². The summed E-state index contributed by atoms with van der Waals surface area (Å²) < 4.78 is 57.3. The third kappa shape index (κ3) is 5.39. The van der Waals surface area contributed by atoms with E-state index in [1.807, 2.05) is 0 Å². The fourth-order valence-electron chi connectivity index (χ4n) is 2.83. The molecule has 6 nitrogen and oxygen atoms in total. The van der Waals surface area contributed by atoms with Crippen molar-refractivity contribution in [1.29, 1.82) is 0 Å². The topological polar surface area (TPSA) is 80.3 Å². The molecule has 0 radical (unpaired) electrons.